The summed E-state index contributed by atoms with van der Waals surface area (Å²) >= 11 is 0. The van der Waals surface area contributed by atoms with Gasteiger partial charge in [-0.3, -0.25) is 4.55 Å². The Morgan fingerprint density at radius 1 is 1.25 bits per heavy atom. The molecule has 0 aliphatic carbocycles. The van der Waals surface area contributed by atoms with Gasteiger partial charge in [-0.25, -0.2) is 8.42 Å². The second-order valence-electron chi connectivity index (χ2n) is 0.428. The summed E-state index contributed by atoms with van der Waals surface area (Å²) in [5.74, 6) is 0. The van der Waals surface area contributed by atoms with Crippen molar-refractivity contribution in [3.63, 3.8) is 0 Å². The fourth-order valence-corrected chi connectivity index (χ4v) is 0. The Labute approximate surface area is 79.5 Å². The van der Waals surface area contributed by atoms with E-state index in [1.165, 1.54) is 0 Å². The smallest absolute Gasteiger partial charge is 0.726 e. The van der Waals surface area contributed by atoms with E-state index in [9.17, 15) is 0 Å². The van der Waals surface area contributed by atoms with Gasteiger partial charge in [0.2, 0.25) is 10.4 Å². The van der Waals surface area contributed by atoms with Gasteiger partial charge in [-0.15, -0.1) is 0 Å². The summed E-state index contributed by atoms with van der Waals surface area (Å²) in [6.07, 6.45) is 0. The Morgan fingerprint density at radius 2 is 1.25 bits per heavy atom. The van der Waals surface area contributed by atoms with E-state index in [1.54, 1.807) is 0 Å². The second-order valence-corrected chi connectivity index (χ2v) is 1.28. The van der Waals surface area contributed by atoms with Crippen molar-refractivity contribution < 1.29 is 54.8 Å². The van der Waals surface area contributed by atoms with Crippen molar-refractivity contribution in [2.45, 2.75) is 0 Å². The summed E-state index contributed by atoms with van der Waals surface area (Å²) in [5, 5.41) is 0. The monoisotopic (exact) mass is 293 g/mol. The fourth-order valence-electron chi connectivity index (χ4n) is 0. The summed E-state index contributed by atoms with van der Waals surface area (Å²) in [6, 6.07) is 0. The average molecular weight is 294 g/mol. The Hall–Kier alpha value is 1.12. The minimum absolute atomic E-state index is 0. The molecule has 8 heavy (non-hydrogen) atoms. The molecule has 0 aromatic carbocycles. The van der Waals surface area contributed by atoms with Crippen LogP contribution in [-0.4, -0.2) is 17.5 Å². The molecule has 0 heterocycles. The topological polar surface area (TPSA) is 77.4 Å². The van der Waals surface area contributed by atoms with Crippen LogP contribution in [0.2, 0.25) is 0 Å². The predicted octanol–water partition coefficient (Wildman–Crippen LogP) is -0.0948. The van der Waals surface area contributed by atoms with Gasteiger partial charge in [-0.05, 0) is 0 Å². The van der Waals surface area contributed by atoms with Gasteiger partial charge in [0.25, 0.3) is 0 Å². The fraction of sp³-hybridized carbons (Fsp3) is 0. The molecule has 0 bridgehead atoms. The third kappa shape index (κ3) is 214. The van der Waals surface area contributed by atoms with E-state index < -0.39 is 10.4 Å². The van der Waals surface area contributed by atoms with Gasteiger partial charge in [0.05, 0.1) is 0 Å². The van der Waals surface area contributed by atoms with E-state index in [-0.39, 0.29) is 52.2 Å². The molecule has 1 radical (unpaired) electrons. The van der Waals surface area contributed by atoms with Crippen molar-refractivity contribution in [1.29, 1.82) is 0 Å². The van der Waals surface area contributed by atoms with E-state index >= 15 is 0 Å². The Kier molecular flexibility index (Phi) is 23.3. The van der Waals surface area contributed by atoms with Gasteiger partial charge in [-0.2, -0.15) is 0 Å². The van der Waals surface area contributed by atoms with Crippen LogP contribution in [0.15, 0.2) is 0 Å². The van der Waals surface area contributed by atoms with Crippen LogP contribution in [0.4, 0.5) is 0 Å². The molecule has 0 aromatic rings. The van der Waals surface area contributed by atoms with Crippen molar-refractivity contribution in [1.82, 2.24) is 0 Å². The van der Waals surface area contributed by atoms with Crippen molar-refractivity contribution in [2.24, 2.45) is 0 Å². The van der Waals surface area contributed by atoms with Crippen LogP contribution >= 0.6 is 0 Å². The van der Waals surface area contributed by atoms with E-state index in [4.69, 9.17) is 17.5 Å². The van der Waals surface area contributed by atoms with Crippen LogP contribution in [-0.2, 0) is 10.4 Å². The predicted molar refractivity (Wildman–Crippen MR) is 25.2 cm³/mol. The third-order valence-electron chi connectivity index (χ3n) is 0. The summed E-state index contributed by atoms with van der Waals surface area (Å²) in [4.78, 5) is 0. The van der Waals surface area contributed by atoms with E-state index in [2.05, 4.69) is 0 Å². The van der Waals surface area contributed by atoms with Gasteiger partial charge >= 0.3 is 37.3 Å². The molecule has 0 aliphatic heterocycles. The Balaban J connectivity index is -0.0000000267. The Bertz CT molecular complexity index is 97.2. The molecule has 4 nitrogen and oxygen atoms in total. The first kappa shape index (κ1) is 22.9. The molecule has 0 atom stereocenters. The zero-order chi connectivity index (χ0) is 4.50. The van der Waals surface area contributed by atoms with Gasteiger partial charge in [0.15, 0.2) is 0 Å². The van der Waals surface area contributed by atoms with Crippen molar-refractivity contribution >= 4 is 10.4 Å². The van der Waals surface area contributed by atoms with Crippen LogP contribution in [0, 0.1) is 52.2 Å². The zero-order valence-electron chi connectivity index (χ0n) is 4.37. The van der Waals surface area contributed by atoms with E-state index in [1.807, 2.05) is 0 Å². The molecule has 0 aromatic heterocycles. The molecule has 0 rings (SSSR count). The maximum atomic E-state index is 8.63. The van der Waals surface area contributed by atoms with Crippen LogP contribution in [0.1, 0.15) is 0 Å². The molecule has 0 fully saturated rings. The van der Waals surface area contributed by atoms with E-state index in [0.29, 0.717) is 0 Å². The summed E-state index contributed by atoms with van der Waals surface area (Å²) in [6.45, 7) is 0. The molecule has 0 spiro atoms. The van der Waals surface area contributed by atoms with Gasteiger partial charge < -0.3 is 19.4 Å². The van der Waals surface area contributed by atoms with Crippen LogP contribution in [0.25, 0.3) is 0 Å². The van der Waals surface area contributed by atoms with Crippen molar-refractivity contribution in [2.75, 3.05) is 0 Å². The minimum Gasteiger partial charge on any atom is -0.726 e. The first-order chi connectivity index (χ1) is 2.00. The number of hydrogen-bond acceptors (Lipinski definition) is 3. The SMILES string of the molecule is O=S(=O)([O-])O.[CH3-].[CH3-].[Er+3]. The first-order valence-electron chi connectivity index (χ1n) is 0.683. The third-order valence-corrected chi connectivity index (χ3v) is 0. The number of hydrogen-bond donors (Lipinski definition) is 1. The van der Waals surface area contributed by atoms with E-state index in [0.717, 1.165) is 0 Å². The van der Waals surface area contributed by atoms with Gasteiger partial charge in [-0.1, -0.05) is 0 Å². The average Bonchev–Trinajstić information content (AvgIpc) is 0.722. The van der Waals surface area contributed by atoms with Crippen LogP contribution in [0.5, 0.6) is 0 Å². The molecule has 57 valence electrons. The molecule has 0 amide bonds. The molecule has 0 aliphatic rings. The maximum Gasteiger partial charge on any atom is 3.00 e. The van der Waals surface area contributed by atoms with Crippen LogP contribution in [0.3, 0.4) is 0 Å². The van der Waals surface area contributed by atoms with Crippen molar-refractivity contribution in [3.05, 3.63) is 14.9 Å². The number of rotatable bonds is 0. The molecule has 1 N–H and O–H groups in total. The Morgan fingerprint density at radius 3 is 1.25 bits per heavy atom. The first-order valence-corrected chi connectivity index (χ1v) is 2.05. The molecule has 6 heteroatoms. The molecule has 0 unspecified atom stereocenters. The van der Waals surface area contributed by atoms with Crippen molar-refractivity contribution in [3.8, 4) is 0 Å². The molecular weight excluding hydrogens is 287 g/mol. The largest absolute Gasteiger partial charge is 3.00 e. The standard InChI is InChI=1S/2CH3.Er.H2O4S/c;;;1-5(2,3)4/h2*1H3;;(H2,1,2,3,4)/q2*-1;+3;/p-1. The normalized spacial score (nSPS) is 7.25. The van der Waals surface area contributed by atoms with Gasteiger partial charge in [0.1, 0.15) is 0 Å². The quantitative estimate of drug-likeness (QED) is 0.385. The minimum atomic E-state index is -4.92. The summed E-state index contributed by atoms with van der Waals surface area (Å²) < 4.78 is 32.8. The molecule has 0 saturated heterocycles. The summed E-state index contributed by atoms with van der Waals surface area (Å²) in [7, 11) is -4.92. The zero-order valence-corrected chi connectivity index (χ0v) is 7.04. The summed E-state index contributed by atoms with van der Waals surface area (Å²) in [5.41, 5.74) is 0. The van der Waals surface area contributed by atoms with Gasteiger partial charge in [0, 0.05) is 0 Å². The molecular formula is C2H7ErO4S. The molecule has 0 saturated carbocycles. The second kappa shape index (κ2) is 8.12. The maximum absolute atomic E-state index is 8.63. The van der Waals surface area contributed by atoms with Crippen LogP contribution < -0.4 is 0 Å².